The molecule has 1 N–H and O–H groups in total. The van der Waals surface area contributed by atoms with Gasteiger partial charge in [-0.05, 0) is 37.6 Å². The van der Waals surface area contributed by atoms with Crippen molar-refractivity contribution in [3.63, 3.8) is 0 Å². The first-order valence-electron chi connectivity index (χ1n) is 8.96. The number of rotatable bonds is 6. The molecular weight excluding hydrogens is 360 g/mol. The summed E-state index contributed by atoms with van der Waals surface area (Å²) in [7, 11) is 0. The van der Waals surface area contributed by atoms with Crippen LogP contribution in [0.15, 0.2) is 67.0 Å². The highest BCUT2D eigenvalue weighted by atomic mass is 19.2. The molecule has 0 spiro atoms. The number of pyridine rings is 1. The minimum atomic E-state index is -1.02. The lowest BCUT2D eigenvalue weighted by atomic mass is 10.1. The molecule has 144 valence electrons. The van der Waals surface area contributed by atoms with Gasteiger partial charge in [0.25, 0.3) is 5.91 Å². The Morgan fingerprint density at radius 2 is 1.79 bits per heavy atom. The number of nitrogens with one attached hydrogen (secondary N) is 1. The molecule has 0 atom stereocenters. The van der Waals surface area contributed by atoms with Gasteiger partial charge in [-0.25, -0.2) is 8.78 Å². The predicted octanol–water partition coefficient (Wildman–Crippen LogP) is 5.03. The smallest absolute Gasteiger partial charge is 0.257 e. The number of aromatic nitrogens is 1. The predicted molar refractivity (Wildman–Crippen MR) is 106 cm³/mol. The van der Waals surface area contributed by atoms with E-state index in [-0.39, 0.29) is 11.7 Å². The van der Waals surface area contributed by atoms with E-state index in [0.717, 1.165) is 23.4 Å². The van der Waals surface area contributed by atoms with E-state index < -0.39 is 17.5 Å². The Morgan fingerprint density at radius 1 is 1.04 bits per heavy atom. The van der Waals surface area contributed by atoms with Gasteiger partial charge in [-0.15, -0.1) is 0 Å². The van der Waals surface area contributed by atoms with Crippen LogP contribution < -0.4 is 10.2 Å². The maximum atomic E-state index is 13.4. The molecule has 1 heterocycles. The van der Waals surface area contributed by atoms with Crippen LogP contribution in [0.1, 0.15) is 29.8 Å². The van der Waals surface area contributed by atoms with E-state index in [9.17, 15) is 13.6 Å². The number of hydrogen-bond acceptors (Lipinski definition) is 3. The van der Waals surface area contributed by atoms with Gasteiger partial charge >= 0.3 is 0 Å². The minimum absolute atomic E-state index is 0.180. The Morgan fingerprint density at radius 3 is 2.46 bits per heavy atom. The highest BCUT2D eigenvalue weighted by Gasteiger charge is 2.15. The van der Waals surface area contributed by atoms with Crippen molar-refractivity contribution in [2.45, 2.75) is 26.4 Å². The average molecular weight is 381 g/mol. The zero-order chi connectivity index (χ0) is 20.1. The summed E-state index contributed by atoms with van der Waals surface area (Å²) >= 11 is 0. The number of anilines is 2. The molecule has 0 aliphatic carbocycles. The summed E-state index contributed by atoms with van der Waals surface area (Å²) in [6.07, 6.45) is 3.15. The van der Waals surface area contributed by atoms with Crippen LogP contribution in [-0.2, 0) is 6.54 Å². The topological polar surface area (TPSA) is 45.2 Å². The Hall–Kier alpha value is -3.28. The van der Waals surface area contributed by atoms with E-state index in [2.05, 4.69) is 29.0 Å². The second kappa shape index (κ2) is 8.61. The van der Waals surface area contributed by atoms with Crippen LogP contribution in [-0.4, -0.2) is 16.9 Å². The third kappa shape index (κ3) is 4.71. The van der Waals surface area contributed by atoms with Crippen LogP contribution in [0, 0.1) is 11.6 Å². The molecule has 0 aliphatic heterocycles. The SMILES string of the molecule is CC(C)N(Cc1ccccc1)c1cncc(C(=O)Nc2ccc(F)c(F)c2)c1. The lowest BCUT2D eigenvalue weighted by Crippen LogP contribution is -2.30. The van der Waals surface area contributed by atoms with Gasteiger partial charge in [0, 0.05) is 30.5 Å². The Bertz CT molecular complexity index is 961. The monoisotopic (exact) mass is 381 g/mol. The third-order valence-corrected chi connectivity index (χ3v) is 4.31. The van der Waals surface area contributed by atoms with Crippen molar-refractivity contribution in [1.29, 1.82) is 0 Å². The van der Waals surface area contributed by atoms with Gasteiger partial charge < -0.3 is 10.2 Å². The summed E-state index contributed by atoms with van der Waals surface area (Å²) in [5.41, 5.74) is 2.46. The molecule has 6 heteroatoms. The highest BCUT2D eigenvalue weighted by molar-refractivity contribution is 6.04. The van der Waals surface area contributed by atoms with Crippen molar-refractivity contribution in [3.05, 3.63) is 89.8 Å². The lowest BCUT2D eigenvalue weighted by Gasteiger charge is -2.29. The van der Waals surface area contributed by atoms with Gasteiger partial charge in [0.05, 0.1) is 17.4 Å². The third-order valence-electron chi connectivity index (χ3n) is 4.31. The summed E-state index contributed by atoms with van der Waals surface area (Å²) in [6, 6.07) is 15.2. The van der Waals surface area contributed by atoms with E-state index in [1.165, 1.54) is 12.3 Å². The van der Waals surface area contributed by atoms with Gasteiger partial charge in [0.1, 0.15) is 0 Å². The molecule has 0 fully saturated rings. The van der Waals surface area contributed by atoms with Crippen LogP contribution in [0.3, 0.4) is 0 Å². The maximum absolute atomic E-state index is 13.4. The Kier molecular flexibility index (Phi) is 5.99. The van der Waals surface area contributed by atoms with Crippen LogP contribution >= 0.6 is 0 Å². The quantitative estimate of drug-likeness (QED) is 0.652. The summed E-state index contributed by atoms with van der Waals surface area (Å²) in [5.74, 6) is -2.42. The summed E-state index contributed by atoms with van der Waals surface area (Å²) in [4.78, 5) is 18.9. The largest absolute Gasteiger partial charge is 0.364 e. The molecule has 0 bridgehead atoms. The molecule has 1 aromatic heterocycles. The van der Waals surface area contributed by atoms with Gasteiger partial charge in [0.15, 0.2) is 11.6 Å². The number of amides is 1. The summed E-state index contributed by atoms with van der Waals surface area (Å²) in [6.45, 7) is 4.81. The van der Waals surface area contributed by atoms with Crippen molar-refractivity contribution >= 4 is 17.3 Å². The van der Waals surface area contributed by atoms with Crippen molar-refractivity contribution in [2.75, 3.05) is 10.2 Å². The molecule has 28 heavy (non-hydrogen) atoms. The molecular formula is C22H21F2N3O. The first kappa shape index (κ1) is 19.5. The number of hydrogen-bond donors (Lipinski definition) is 1. The number of nitrogens with zero attached hydrogens (tertiary/aromatic N) is 2. The molecule has 2 aromatic carbocycles. The first-order chi connectivity index (χ1) is 13.4. The van der Waals surface area contributed by atoms with Gasteiger partial charge in [-0.1, -0.05) is 30.3 Å². The van der Waals surface area contributed by atoms with E-state index in [1.807, 2.05) is 30.3 Å². The zero-order valence-electron chi connectivity index (χ0n) is 15.7. The first-order valence-corrected chi connectivity index (χ1v) is 8.96. The molecule has 4 nitrogen and oxygen atoms in total. The van der Waals surface area contributed by atoms with Crippen molar-refractivity contribution in [3.8, 4) is 0 Å². The zero-order valence-corrected chi connectivity index (χ0v) is 15.7. The summed E-state index contributed by atoms with van der Waals surface area (Å²) in [5, 5.41) is 2.57. The molecule has 0 unspecified atom stereocenters. The Balaban J connectivity index is 1.81. The van der Waals surface area contributed by atoms with Crippen LogP contribution in [0.2, 0.25) is 0 Å². The normalized spacial score (nSPS) is 10.8. The van der Waals surface area contributed by atoms with Gasteiger partial charge in [0.2, 0.25) is 0 Å². The van der Waals surface area contributed by atoms with Crippen molar-refractivity contribution < 1.29 is 13.6 Å². The molecule has 3 aromatic rings. The summed E-state index contributed by atoms with van der Waals surface area (Å²) < 4.78 is 26.4. The van der Waals surface area contributed by atoms with Crippen LogP contribution in [0.4, 0.5) is 20.2 Å². The minimum Gasteiger partial charge on any atom is -0.364 e. The highest BCUT2D eigenvalue weighted by Crippen LogP contribution is 2.21. The van der Waals surface area contributed by atoms with Crippen LogP contribution in [0.25, 0.3) is 0 Å². The molecule has 0 aliphatic rings. The molecule has 1 amide bonds. The van der Waals surface area contributed by atoms with E-state index >= 15 is 0 Å². The van der Waals surface area contributed by atoms with E-state index in [0.29, 0.717) is 12.1 Å². The number of halogens is 2. The molecule has 0 saturated carbocycles. The lowest BCUT2D eigenvalue weighted by molar-refractivity contribution is 0.102. The molecule has 0 radical (unpaired) electrons. The van der Waals surface area contributed by atoms with Crippen molar-refractivity contribution in [2.24, 2.45) is 0 Å². The second-order valence-electron chi connectivity index (χ2n) is 6.72. The van der Waals surface area contributed by atoms with Crippen molar-refractivity contribution in [1.82, 2.24) is 4.98 Å². The number of carbonyl (C=O) groups is 1. The number of benzene rings is 2. The van der Waals surface area contributed by atoms with Gasteiger partial charge in [-0.3, -0.25) is 9.78 Å². The second-order valence-corrected chi connectivity index (χ2v) is 6.72. The van der Waals surface area contributed by atoms with Crippen LogP contribution in [0.5, 0.6) is 0 Å². The van der Waals surface area contributed by atoms with E-state index in [4.69, 9.17) is 0 Å². The Labute approximate surface area is 162 Å². The molecule has 0 saturated heterocycles. The molecule has 3 rings (SSSR count). The fraction of sp³-hybridized carbons (Fsp3) is 0.182. The maximum Gasteiger partial charge on any atom is 0.257 e. The number of carbonyl (C=O) groups excluding carboxylic acids is 1. The van der Waals surface area contributed by atoms with Gasteiger partial charge in [-0.2, -0.15) is 0 Å². The fourth-order valence-electron chi connectivity index (χ4n) is 2.84. The fourth-order valence-corrected chi connectivity index (χ4v) is 2.84. The standard InChI is InChI=1S/C22H21F2N3O/c1-15(2)27(14-16-6-4-3-5-7-16)19-10-17(12-25-13-19)22(28)26-18-8-9-20(23)21(24)11-18/h3-13,15H,14H2,1-2H3,(H,26,28). The average Bonchev–Trinajstić information content (AvgIpc) is 2.69. The van der Waals surface area contributed by atoms with E-state index in [1.54, 1.807) is 12.3 Å².